The highest BCUT2D eigenvalue weighted by atomic mass is 16.5. The maximum absolute atomic E-state index is 7.94. The van der Waals surface area contributed by atoms with Crippen molar-refractivity contribution < 1.29 is 4.74 Å². The number of rotatable bonds is 5. The van der Waals surface area contributed by atoms with Crippen molar-refractivity contribution >= 4 is 17.2 Å². The minimum atomic E-state index is -0.154. The van der Waals surface area contributed by atoms with Crippen LogP contribution in [-0.4, -0.2) is 15.8 Å². The van der Waals surface area contributed by atoms with Gasteiger partial charge in [0.05, 0.1) is 11.3 Å². The van der Waals surface area contributed by atoms with Crippen LogP contribution in [0.2, 0.25) is 0 Å². The monoisotopic (exact) mass is 381 g/mol. The van der Waals surface area contributed by atoms with Crippen molar-refractivity contribution in [3.63, 3.8) is 0 Å². The molecule has 1 aromatic heterocycles. The number of hydrogen-bond donors (Lipinski definition) is 3. The second-order valence-corrected chi connectivity index (χ2v) is 6.52. The predicted octanol–water partition coefficient (Wildman–Crippen LogP) is 3.75. The molecule has 6 heteroatoms. The van der Waals surface area contributed by atoms with E-state index in [2.05, 4.69) is 17.1 Å². The molecule has 4 rings (SSSR count). The van der Waals surface area contributed by atoms with Crippen LogP contribution in [0.15, 0.2) is 66.4 Å². The van der Waals surface area contributed by atoms with Crippen LogP contribution in [0.3, 0.4) is 0 Å². The molecule has 0 aliphatic heterocycles. The largest absolute Gasteiger partial charge is 0.453 e. The third-order valence-corrected chi connectivity index (χ3v) is 4.52. The summed E-state index contributed by atoms with van der Waals surface area (Å²) in [5, 5.41) is 7.94. The number of nitrogens with two attached hydrogens (primary N) is 2. The van der Waals surface area contributed by atoms with Crippen molar-refractivity contribution in [2.24, 2.45) is 5.73 Å². The quantitative estimate of drug-likeness (QED) is 0.460. The van der Waals surface area contributed by atoms with Gasteiger partial charge in [0.2, 0.25) is 0 Å². The Balaban J connectivity index is 1.72. The zero-order chi connectivity index (χ0) is 20.2. The molecular weight excluding hydrogens is 362 g/mol. The molecule has 1 aliphatic carbocycles. The number of nitrogens with zero attached hydrogens (tertiary/aromatic N) is 2. The zero-order valence-corrected chi connectivity index (χ0v) is 15.6. The van der Waals surface area contributed by atoms with E-state index >= 15 is 0 Å². The van der Waals surface area contributed by atoms with Crippen LogP contribution in [0.1, 0.15) is 24.1 Å². The van der Waals surface area contributed by atoms with Crippen molar-refractivity contribution in [1.29, 1.82) is 5.41 Å². The van der Waals surface area contributed by atoms with Gasteiger partial charge in [0, 0.05) is 12.0 Å². The first-order valence-corrected chi connectivity index (χ1v) is 9.15. The van der Waals surface area contributed by atoms with Crippen molar-refractivity contribution in [2.75, 3.05) is 5.73 Å². The molecule has 0 bridgehead atoms. The van der Waals surface area contributed by atoms with Gasteiger partial charge in [-0.25, -0.2) is 9.97 Å². The normalized spacial score (nSPS) is 13.1. The summed E-state index contributed by atoms with van der Waals surface area (Å²) in [7, 11) is 0. The topological polar surface area (TPSA) is 111 Å². The Morgan fingerprint density at radius 3 is 2.52 bits per heavy atom. The lowest BCUT2D eigenvalue weighted by atomic mass is 9.96. The lowest BCUT2D eigenvalue weighted by Gasteiger charge is -2.18. The molecule has 3 aromatic rings. The standard InChI is InChI=1S/C23H19N5O/c24-21(25)19-20(27-23(28-22(19)26)16-7-3-1-4-8-16)15-11-13-18(14-12-15)29-17-9-5-2-6-10-17/h1-5,7-9,11,13H,12,14H2,(H3,24,25)(H2,26,27,28). The minimum Gasteiger partial charge on any atom is -0.453 e. The number of ether oxygens (including phenoxy) is 1. The van der Waals surface area contributed by atoms with Gasteiger partial charge in [0.1, 0.15) is 17.4 Å². The van der Waals surface area contributed by atoms with E-state index in [9.17, 15) is 0 Å². The maximum Gasteiger partial charge on any atom is 0.177 e. The van der Waals surface area contributed by atoms with E-state index in [-0.39, 0.29) is 11.7 Å². The van der Waals surface area contributed by atoms with Gasteiger partial charge in [0.25, 0.3) is 0 Å². The minimum absolute atomic E-state index is 0.154. The molecule has 29 heavy (non-hydrogen) atoms. The van der Waals surface area contributed by atoms with Gasteiger partial charge in [-0.15, -0.1) is 0 Å². The van der Waals surface area contributed by atoms with Crippen molar-refractivity contribution in [2.45, 2.75) is 12.8 Å². The fourth-order valence-electron chi connectivity index (χ4n) is 3.13. The van der Waals surface area contributed by atoms with E-state index < -0.39 is 0 Å². The first-order chi connectivity index (χ1) is 14.1. The zero-order valence-electron chi connectivity index (χ0n) is 15.6. The molecular formula is C23H19N5O. The Kier molecular flexibility index (Phi) is 4.95. The number of benzene rings is 1. The second kappa shape index (κ2) is 7.87. The summed E-state index contributed by atoms with van der Waals surface area (Å²) in [5.74, 6) is 1.99. The first kappa shape index (κ1) is 18.3. The number of allylic oxidation sites excluding steroid dienone is 4. The van der Waals surface area contributed by atoms with Crippen molar-refractivity contribution in [3.05, 3.63) is 89.8 Å². The van der Waals surface area contributed by atoms with Crippen LogP contribution in [0, 0.1) is 17.5 Å². The van der Waals surface area contributed by atoms with Crippen LogP contribution in [-0.2, 0) is 0 Å². The molecule has 0 saturated carbocycles. The Labute approximate surface area is 169 Å². The van der Waals surface area contributed by atoms with Gasteiger partial charge in [-0.3, -0.25) is 5.41 Å². The van der Waals surface area contributed by atoms with Crippen LogP contribution >= 0.6 is 0 Å². The molecule has 0 saturated heterocycles. The average molecular weight is 381 g/mol. The highest BCUT2D eigenvalue weighted by Gasteiger charge is 2.21. The highest BCUT2D eigenvalue weighted by molar-refractivity contribution is 6.03. The second-order valence-electron chi connectivity index (χ2n) is 6.52. The van der Waals surface area contributed by atoms with E-state index in [1.54, 1.807) is 6.07 Å². The smallest absolute Gasteiger partial charge is 0.177 e. The molecule has 0 unspecified atom stereocenters. The molecule has 0 atom stereocenters. The van der Waals surface area contributed by atoms with E-state index in [4.69, 9.17) is 26.6 Å². The summed E-state index contributed by atoms with van der Waals surface area (Å²) >= 11 is 0. The third kappa shape index (κ3) is 3.94. The van der Waals surface area contributed by atoms with Crippen molar-refractivity contribution in [1.82, 2.24) is 9.97 Å². The number of nitrogen functional groups attached to an aromatic ring is 2. The van der Waals surface area contributed by atoms with Crippen LogP contribution in [0.25, 0.3) is 17.0 Å². The van der Waals surface area contributed by atoms with Gasteiger partial charge in [0.15, 0.2) is 11.6 Å². The number of nitrogens with one attached hydrogen (secondary N) is 1. The summed E-state index contributed by atoms with van der Waals surface area (Å²) in [6.45, 7) is 0. The van der Waals surface area contributed by atoms with E-state index in [0.717, 1.165) is 16.9 Å². The van der Waals surface area contributed by atoms with E-state index in [0.29, 0.717) is 35.7 Å². The summed E-state index contributed by atoms with van der Waals surface area (Å²) < 4.78 is 5.84. The number of amidine groups is 1. The molecule has 5 N–H and O–H groups in total. The number of anilines is 1. The van der Waals surface area contributed by atoms with E-state index in [1.807, 2.05) is 54.6 Å². The number of aromatic nitrogens is 2. The molecule has 1 heterocycles. The van der Waals surface area contributed by atoms with Gasteiger partial charge in [-0.1, -0.05) is 42.5 Å². The first-order valence-electron chi connectivity index (χ1n) is 9.15. The Morgan fingerprint density at radius 1 is 1.03 bits per heavy atom. The highest BCUT2D eigenvalue weighted by Crippen LogP contribution is 2.31. The summed E-state index contributed by atoms with van der Waals surface area (Å²) in [4.78, 5) is 9.06. The maximum atomic E-state index is 7.94. The summed E-state index contributed by atoms with van der Waals surface area (Å²) in [6, 6.07) is 20.8. The summed E-state index contributed by atoms with van der Waals surface area (Å²) in [5.41, 5.74) is 14.7. The molecule has 1 aliphatic rings. The molecule has 142 valence electrons. The van der Waals surface area contributed by atoms with Gasteiger partial charge in [-0.05, 0) is 42.3 Å². The van der Waals surface area contributed by atoms with Gasteiger partial charge in [-0.2, -0.15) is 0 Å². The van der Waals surface area contributed by atoms with Gasteiger partial charge >= 0.3 is 0 Å². The van der Waals surface area contributed by atoms with Crippen LogP contribution < -0.4 is 16.2 Å². The fourth-order valence-corrected chi connectivity index (χ4v) is 3.13. The fraction of sp³-hybridized carbons (Fsp3) is 0.0870. The lowest BCUT2D eigenvalue weighted by molar-refractivity contribution is 0.404. The Morgan fingerprint density at radius 2 is 1.86 bits per heavy atom. The molecule has 0 radical (unpaired) electrons. The third-order valence-electron chi connectivity index (χ3n) is 4.52. The van der Waals surface area contributed by atoms with Crippen LogP contribution in [0.4, 0.5) is 5.82 Å². The molecule has 6 nitrogen and oxygen atoms in total. The molecule has 0 spiro atoms. The summed E-state index contributed by atoms with van der Waals surface area (Å²) in [6.07, 6.45) is 5.17. The SMILES string of the molecule is N=C(N)c1c(N)nc(-c2ccccc2)nc1C1=CC=C(Oc2c#cccc2)CC1. The average Bonchev–Trinajstić information content (AvgIpc) is 2.75. The molecule has 2 aromatic carbocycles. The number of hydrogen-bond acceptors (Lipinski definition) is 5. The van der Waals surface area contributed by atoms with Crippen LogP contribution in [0.5, 0.6) is 5.75 Å². The predicted molar refractivity (Wildman–Crippen MR) is 113 cm³/mol. The van der Waals surface area contributed by atoms with Crippen molar-refractivity contribution in [3.8, 4) is 17.1 Å². The van der Waals surface area contributed by atoms with Gasteiger partial charge < -0.3 is 16.2 Å². The van der Waals surface area contributed by atoms with E-state index in [1.165, 1.54) is 0 Å². The Bertz CT molecular complexity index is 1100. The lowest BCUT2D eigenvalue weighted by Crippen LogP contribution is -2.19. The molecule has 0 amide bonds. The Hall–Kier alpha value is -4.11. The molecule has 0 fully saturated rings.